The normalized spacial score (nSPS) is 15.0. The predicted molar refractivity (Wildman–Crippen MR) is 80.4 cm³/mol. The number of hydrogen-bond acceptors (Lipinski definition) is 4. The Labute approximate surface area is 129 Å². The third-order valence-electron chi connectivity index (χ3n) is 3.64. The van der Waals surface area contributed by atoms with Crippen LogP contribution in [0.15, 0.2) is 18.2 Å². The van der Waals surface area contributed by atoms with E-state index in [0.717, 1.165) is 12.8 Å². The minimum Gasteiger partial charge on any atom is -0.490 e. The number of benzene rings is 1. The SMILES string of the molecule is CCOc1cc(C(=O)NCC2(C)CC2)ccc1OCC(=O)O. The van der Waals surface area contributed by atoms with Crippen LogP contribution < -0.4 is 14.8 Å². The molecule has 2 N–H and O–H groups in total. The van der Waals surface area contributed by atoms with E-state index in [0.29, 0.717) is 30.2 Å². The van der Waals surface area contributed by atoms with Crippen molar-refractivity contribution in [3.05, 3.63) is 23.8 Å². The summed E-state index contributed by atoms with van der Waals surface area (Å²) in [6.07, 6.45) is 2.28. The summed E-state index contributed by atoms with van der Waals surface area (Å²) < 4.78 is 10.6. The first-order valence-corrected chi connectivity index (χ1v) is 7.33. The molecule has 1 fully saturated rings. The van der Waals surface area contributed by atoms with Crippen LogP contribution in [0.4, 0.5) is 0 Å². The number of carboxylic acid groups (broad SMARTS) is 1. The summed E-state index contributed by atoms with van der Waals surface area (Å²) >= 11 is 0. The summed E-state index contributed by atoms with van der Waals surface area (Å²) in [5.41, 5.74) is 0.707. The van der Waals surface area contributed by atoms with Gasteiger partial charge in [0.25, 0.3) is 5.91 Å². The molecule has 6 nitrogen and oxygen atoms in total. The molecule has 1 saturated carbocycles. The van der Waals surface area contributed by atoms with Crippen LogP contribution in [0, 0.1) is 5.41 Å². The maximum Gasteiger partial charge on any atom is 0.341 e. The van der Waals surface area contributed by atoms with Crippen LogP contribution in [0.25, 0.3) is 0 Å². The first kappa shape index (κ1) is 16.1. The van der Waals surface area contributed by atoms with Crippen LogP contribution in [-0.2, 0) is 4.79 Å². The second-order valence-corrected chi connectivity index (χ2v) is 5.77. The minimum absolute atomic E-state index is 0.168. The fourth-order valence-electron chi connectivity index (χ4n) is 1.96. The molecule has 1 aliphatic carbocycles. The molecule has 1 aromatic carbocycles. The number of carboxylic acids is 1. The van der Waals surface area contributed by atoms with Gasteiger partial charge in [-0.05, 0) is 43.4 Å². The van der Waals surface area contributed by atoms with Gasteiger partial charge in [0.15, 0.2) is 18.1 Å². The Balaban J connectivity index is 2.06. The van der Waals surface area contributed by atoms with Gasteiger partial charge in [0.2, 0.25) is 0 Å². The van der Waals surface area contributed by atoms with Gasteiger partial charge in [-0.3, -0.25) is 4.79 Å². The van der Waals surface area contributed by atoms with Crippen molar-refractivity contribution < 1.29 is 24.2 Å². The van der Waals surface area contributed by atoms with Crippen molar-refractivity contribution in [1.29, 1.82) is 0 Å². The van der Waals surface area contributed by atoms with E-state index in [4.69, 9.17) is 14.6 Å². The smallest absolute Gasteiger partial charge is 0.341 e. The average Bonchev–Trinajstić information content (AvgIpc) is 3.22. The lowest BCUT2D eigenvalue weighted by molar-refractivity contribution is -0.139. The number of ether oxygens (including phenoxy) is 2. The summed E-state index contributed by atoms with van der Waals surface area (Å²) in [4.78, 5) is 22.7. The topological polar surface area (TPSA) is 84.9 Å². The van der Waals surface area contributed by atoms with Gasteiger partial charge in [0.05, 0.1) is 6.61 Å². The van der Waals surface area contributed by atoms with E-state index in [1.807, 2.05) is 6.92 Å². The quantitative estimate of drug-likeness (QED) is 0.768. The molecule has 0 unspecified atom stereocenters. The van der Waals surface area contributed by atoms with Crippen LogP contribution in [0.1, 0.15) is 37.0 Å². The first-order valence-electron chi connectivity index (χ1n) is 7.33. The van der Waals surface area contributed by atoms with Gasteiger partial charge in [0.1, 0.15) is 0 Å². The summed E-state index contributed by atoms with van der Waals surface area (Å²) in [5.74, 6) is -0.551. The van der Waals surface area contributed by atoms with Crippen molar-refractivity contribution in [3.63, 3.8) is 0 Å². The van der Waals surface area contributed by atoms with E-state index in [-0.39, 0.29) is 11.3 Å². The van der Waals surface area contributed by atoms with E-state index in [9.17, 15) is 9.59 Å². The van der Waals surface area contributed by atoms with Crippen molar-refractivity contribution in [3.8, 4) is 11.5 Å². The van der Waals surface area contributed by atoms with E-state index < -0.39 is 12.6 Å². The molecular weight excluding hydrogens is 286 g/mol. The third-order valence-corrected chi connectivity index (χ3v) is 3.64. The van der Waals surface area contributed by atoms with Crippen LogP contribution in [0.5, 0.6) is 11.5 Å². The van der Waals surface area contributed by atoms with E-state index in [1.165, 1.54) is 0 Å². The Morgan fingerprint density at radius 3 is 2.59 bits per heavy atom. The molecule has 0 aliphatic heterocycles. The van der Waals surface area contributed by atoms with Crippen LogP contribution in [0.3, 0.4) is 0 Å². The van der Waals surface area contributed by atoms with Gasteiger partial charge < -0.3 is 19.9 Å². The van der Waals surface area contributed by atoms with Crippen LogP contribution in [0.2, 0.25) is 0 Å². The molecule has 1 aromatic rings. The lowest BCUT2D eigenvalue weighted by Crippen LogP contribution is -2.29. The fraction of sp³-hybridized carbons (Fsp3) is 0.500. The van der Waals surface area contributed by atoms with Crippen LogP contribution in [-0.4, -0.2) is 36.7 Å². The van der Waals surface area contributed by atoms with E-state index in [2.05, 4.69) is 12.2 Å². The number of rotatable bonds is 8. The second-order valence-electron chi connectivity index (χ2n) is 5.77. The highest BCUT2D eigenvalue weighted by molar-refractivity contribution is 5.95. The molecule has 2 rings (SSSR count). The maximum absolute atomic E-state index is 12.2. The van der Waals surface area contributed by atoms with Crippen molar-refractivity contribution in [2.45, 2.75) is 26.7 Å². The Hall–Kier alpha value is -2.24. The molecule has 22 heavy (non-hydrogen) atoms. The van der Waals surface area contributed by atoms with Crippen molar-refractivity contribution in [2.24, 2.45) is 5.41 Å². The highest BCUT2D eigenvalue weighted by Crippen LogP contribution is 2.44. The Bertz CT molecular complexity index is 566. The summed E-state index contributed by atoms with van der Waals surface area (Å²) in [6, 6.07) is 4.73. The number of nitrogens with one attached hydrogen (secondary N) is 1. The van der Waals surface area contributed by atoms with Gasteiger partial charge in [0, 0.05) is 12.1 Å². The zero-order chi connectivity index (χ0) is 16.2. The predicted octanol–water partition coefficient (Wildman–Crippen LogP) is 2.08. The fourth-order valence-corrected chi connectivity index (χ4v) is 1.96. The zero-order valence-corrected chi connectivity index (χ0v) is 12.8. The Morgan fingerprint density at radius 2 is 2.00 bits per heavy atom. The highest BCUT2D eigenvalue weighted by atomic mass is 16.5. The molecule has 120 valence electrons. The lowest BCUT2D eigenvalue weighted by atomic mass is 10.1. The molecule has 0 heterocycles. The molecule has 0 spiro atoms. The van der Waals surface area contributed by atoms with Gasteiger partial charge in [-0.25, -0.2) is 4.79 Å². The standard InChI is InChI=1S/C16H21NO5/c1-3-21-13-8-11(4-5-12(13)22-9-14(18)19)15(20)17-10-16(2)6-7-16/h4-5,8H,3,6-7,9-10H2,1-2H3,(H,17,20)(H,18,19). The van der Waals surface area contributed by atoms with Gasteiger partial charge in [-0.2, -0.15) is 0 Å². The monoisotopic (exact) mass is 307 g/mol. The zero-order valence-electron chi connectivity index (χ0n) is 12.8. The number of carbonyl (C=O) groups is 2. The number of hydrogen-bond donors (Lipinski definition) is 2. The second kappa shape index (κ2) is 6.68. The Kier molecular flexibility index (Phi) is 4.90. The largest absolute Gasteiger partial charge is 0.490 e. The third kappa shape index (κ3) is 4.38. The lowest BCUT2D eigenvalue weighted by Gasteiger charge is -2.13. The first-order chi connectivity index (χ1) is 10.4. The molecule has 0 atom stereocenters. The highest BCUT2D eigenvalue weighted by Gasteiger charge is 2.37. The summed E-state index contributed by atoms with van der Waals surface area (Å²) in [5, 5.41) is 11.6. The van der Waals surface area contributed by atoms with Gasteiger partial charge in [-0.15, -0.1) is 0 Å². The van der Waals surface area contributed by atoms with Gasteiger partial charge >= 0.3 is 5.97 Å². The number of carbonyl (C=O) groups excluding carboxylic acids is 1. The van der Waals surface area contributed by atoms with Crippen molar-refractivity contribution in [2.75, 3.05) is 19.8 Å². The van der Waals surface area contributed by atoms with Crippen LogP contribution >= 0.6 is 0 Å². The molecule has 1 amide bonds. The average molecular weight is 307 g/mol. The molecule has 0 bridgehead atoms. The van der Waals surface area contributed by atoms with E-state index in [1.54, 1.807) is 18.2 Å². The molecular formula is C16H21NO5. The molecule has 0 radical (unpaired) electrons. The Morgan fingerprint density at radius 1 is 1.27 bits per heavy atom. The molecule has 1 aliphatic rings. The summed E-state index contributed by atoms with van der Waals surface area (Å²) in [7, 11) is 0. The molecule has 6 heteroatoms. The number of amides is 1. The minimum atomic E-state index is -1.07. The van der Waals surface area contributed by atoms with Gasteiger partial charge in [-0.1, -0.05) is 6.92 Å². The van der Waals surface area contributed by atoms with Crippen molar-refractivity contribution in [1.82, 2.24) is 5.32 Å². The maximum atomic E-state index is 12.2. The van der Waals surface area contributed by atoms with E-state index >= 15 is 0 Å². The number of aliphatic carboxylic acids is 1. The van der Waals surface area contributed by atoms with Crippen molar-refractivity contribution >= 4 is 11.9 Å². The molecule has 0 aromatic heterocycles. The molecule has 0 saturated heterocycles. The summed E-state index contributed by atoms with van der Waals surface area (Å²) in [6.45, 7) is 4.55.